The third-order valence-corrected chi connectivity index (χ3v) is 3.79. The van der Waals surface area contributed by atoms with Gasteiger partial charge in [-0.3, -0.25) is 4.79 Å². The highest BCUT2D eigenvalue weighted by molar-refractivity contribution is 5.68. The molecule has 2 atom stereocenters. The maximum atomic E-state index is 10.9. The Morgan fingerprint density at radius 2 is 2.16 bits per heavy atom. The van der Waals surface area contributed by atoms with Crippen molar-refractivity contribution in [3.63, 3.8) is 0 Å². The van der Waals surface area contributed by atoms with E-state index >= 15 is 0 Å². The Kier molecular flexibility index (Phi) is 4.10. The van der Waals surface area contributed by atoms with E-state index in [4.69, 9.17) is 5.11 Å². The van der Waals surface area contributed by atoms with Crippen molar-refractivity contribution >= 4 is 11.7 Å². The number of hydrogen-bond donors (Lipinski definition) is 2. The monoisotopic (exact) mass is 262 g/mol. The van der Waals surface area contributed by atoms with Crippen molar-refractivity contribution in [1.29, 1.82) is 0 Å². The molecule has 104 valence electrons. The molecule has 1 aliphatic heterocycles. The summed E-state index contributed by atoms with van der Waals surface area (Å²) in [5, 5.41) is 12.3. The molecule has 19 heavy (non-hydrogen) atoms. The Labute approximate surface area is 114 Å². The highest BCUT2D eigenvalue weighted by Crippen LogP contribution is 2.25. The highest BCUT2D eigenvalue weighted by atomic mass is 16.4. The number of nitrogens with one attached hydrogen (secondary N) is 1. The summed E-state index contributed by atoms with van der Waals surface area (Å²) < 4.78 is 0. The number of benzene rings is 1. The van der Waals surface area contributed by atoms with E-state index in [0.29, 0.717) is 6.04 Å². The van der Waals surface area contributed by atoms with E-state index in [2.05, 4.69) is 49.2 Å². The van der Waals surface area contributed by atoms with Gasteiger partial charge in [0.05, 0.1) is 6.42 Å². The number of piperazine rings is 1. The maximum Gasteiger partial charge on any atom is 0.304 e. The summed E-state index contributed by atoms with van der Waals surface area (Å²) in [5.41, 5.74) is 3.79. The molecule has 2 N–H and O–H groups in total. The van der Waals surface area contributed by atoms with Gasteiger partial charge in [-0.15, -0.1) is 0 Å². The van der Waals surface area contributed by atoms with Crippen LogP contribution in [0.25, 0.3) is 0 Å². The number of anilines is 1. The fourth-order valence-electron chi connectivity index (χ4n) is 2.79. The first-order valence-corrected chi connectivity index (χ1v) is 6.76. The van der Waals surface area contributed by atoms with Crippen LogP contribution in [0.15, 0.2) is 18.2 Å². The molecule has 1 aliphatic rings. The van der Waals surface area contributed by atoms with Crippen LogP contribution in [0.4, 0.5) is 5.69 Å². The van der Waals surface area contributed by atoms with Gasteiger partial charge in [0.15, 0.2) is 0 Å². The largest absolute Gasteiger partial charge is 0.481 e. The lowest BCUT2D eigenvalue weighted by atomic mass is 10.0. The molecule has 1 heterocycles. The molecular weight excluding hydrogens is 240 g/mol. The van der Waals surface area contributed by atoms with Crippen molar-refractivity contribution in [1.82, 2.24) is 5.32 Å². The van der Waals surface area contributed by atoms with Crippen molar-refractivity contribution in [2.75, 3.05) is 18.0 Å². The minimum Gasteiger partial charge on any atom is -0.481 e. The van der Waals surface area contributed by atoms with Crippen LogP contribution < -0.4 is 10.2 Å². The van der Waals surface area contributed by atoms with Crippen LogP contribution in [0, 0.1) is 13.8 Å². The lowest BCUT2D eigenvalue weighted by Gasteiger charge is -2.39. The Hall–Kier alpha value is -1.55. The minimum atomic E-state index is -0.743. The van der Waals surface area contributed by atoms with Gasteiger partial charge in [-0.05, 0) is 38.0 Å². The molecule has 0 spiro atoms. The van der Waals surface area contributed by atoms with Gasteiger partial charge in [-0.1, -0.05) is 12.1 Å². The van der Waals surface area contributed by atoms with Crippen LogP contribution in [0.3, 0.4) is 0 Å². The van der Waals surface area contributed by atoms with E-state index in [9.17, 15) is 4.79 Å². The maximum absolute atomic E-state index is 10.9. The molecule has 0 saturated carbocycles. The fraction of sp³-hybridized carbons (Fsp3) is 0.533. The molecule has 2 rings (SSSR count). The molecule has 0 amide bonds. The van der Waals surface area contributed by atoms with E-state index in [0.717, 1.165) is 13.1 Å². The summed E-state index contributed by atoms with van der Waals surface area (Å²) in [5.74, 6) is -0.743. The van der Waals surface area contributed by atoms with Gasteiger partial charge in [0, 0.05) is 30.9 Å². The van der Waals surface area contributed by atoms with Crippen LogP contribution in [0.1, 0.15) is 24.5 Å². The smallest absolute Gasteiger partial charge is 0.304 e. The fourth-order valence-corrected chi connectivity index (χ4v) is 2.79. The van der Waals surface area contributed by atoms with Crippen LogP contribution >= 0.6 is 0 Å². The third-order valence-electron chi connectivity index (χ3n) is 3.79. The number of nitrogens with zero attached hydrogens (tertiary/aromatic N) is 1. The molecular formula is C15H22N2O2. The average Bonchev–Trinajstić information content (AvgIpc) is 2.31. The number of carbonyl (C=O) groups is 1. The van der Waals surface area contributed by atoms with Gasteiger partial charge in [-0.2, -0.15) is 0 Å². The number of aliphatic carboxylic acids is 1. The van der Waals surface area contributed by atoms with Gasteiger partial charge >= 0.3 is 5.97 Å². The third kappa shape index (κ3) is 3.26. The van der Waals surface area contributed by atoms with Gasteiger partial charge in [-0.25, -0.2) is 0 Å². The summed E-state index contributed by atoms with van der Waals surface area (Å²) in [7, 11) is 0. The molecule has 0 radical (unpaired) electrons. The summed E-state index contributed by atoms with van der Waals surface area (Å²) in [4.78, 5) is 13.2. The average molecular weight is 262 g/mol. The number of aryl methyl sites for hydroxylation is 1. The van der Waals surface area contributed by atoms with Crippen molar-refractivity contribution in [2.24, 2.45) is 0 Å². The van der Waals surface area contributed by atoms with E-state index in [1.54, 1.807) is 0 Å². The van der Waals surface area contributed by atoms with Crippen LogP contribution in [0.5, 0.6) is 0 Å². The van der Waals surface area contributed by atoms with Crippen molar-refractivity contribution < 1.29 is 9.90 Å². The zero-order valence-corrected chi connectivity index (χ0v) is 11.8. The first-order valence-electron chi connectivity index (χ1n) is 6.76. The molecule has 4 heteroatoms. The van der Waals surface area contributed by atoms with Crippen molar-refractivity contribution in [3.05, 3.63) is 29.3 Å². The SMILES string of the molecule is Cc1cccc(N2CC(C)NC(CC(=O)O)C2)c1C. The molecule has 0 bridgehead atoms. The van der Waals surface area contributed by atoms with Gasteiger partial charge in [0.25, 0.3) is 0 Å². The van der Waals surface area contributed by atoms with E-state index < -0.39 is 5.97 Å². The second-order valence-electron chi connectivity index (χ2n) is 5.49. The van der Waals surface area contributed by atoms with Crippen LogP contribution in [-0.4, -0.2) is 36.2 Å². The van der Waals surface area contributed by atoms with E-state index in [-0.39, 0.29) is 12.5 Å². The first-order chi connectivity index (χ1) is 8.97. The number of carboxylic acids is 1. The Bertz CT molecular complexity index is 473. The van der Waals surface area contributed by atoms with Crippen LogP contribution in [-0.2, 0) is 4.79 Å². The zero-order valence-electron chi connectivity index (χ0n) is 11.8. The predicted molar refractivity (Wildman–Crippen MR) is 76.8 cm³/mol. The standard InChI is InChI=1S/C15H22N2O2/c1-10-5-4-6-14(12(10)3)17-8-11(2)16-13(9-17)7-15(18)19/h4-6,11,13,16H,7-9H2,1-3H3,(H,18,19). The molecule has 2 unspecified atom stereocenters. The number of carboxylic acid groups (broad SMARTS) is 1. The lowest BCUT2D eigenvalue weighted by molar-refractivity contribution is -0.137. The topological polar surface area (TPSA) is 52.6 Å². The molecule has 0 aromatic heterocycles. The quantitative estimate of drug-likeness (QED) is 0.874. The number of rotatable bonds is 3. The highest BCUT2D eigenvalue weighted by Gasteiger charge is 2.26. The van der Waals surface area contributed by atoms with E-state index in [1.165, 1.54) is 16.8 Å². The summed E-state index contributed by atoms with van der Waals surface area (Å²) in [6.07, 6.45) is 0.172. The van der Waals surface area contributed by atoms with Crippen LogP contribution in [0.2, 0.25) is 0 Å². The summed E-state index contributed by atoms with van der Waals surface area (Å²) >= 11 is 0. The molecule has 1 fully saturated rings. The molecule has 0 aliphatic carbocycles. The Balaban J connectivity index is 2.19. The Morgan fingerprint density at radius 1 is 1.42 bits per heavy atom. The zero-order chi connectivity index (χ0) is 14.0. The predicted octanol–water partition coefficient (Wildman–Crippen LogP) is 1.94. The molecule has 1 aromatic rings. The van der Waals surface area contributed by atoms with E-state index in [1.807, 2.05) is 0 Å². The number of hydrogen-bond acceptors (Lipinski definition) is 3. The first kappa shape index (κ1) is 13.9. The summed E-state index contributed by atoms with van der Waals surface area (Å²) in [6, 6.07) is 6.62. The van der Waals surface area contributed by atoms with Gasteiger partial charge < -0.3 is 15.3 Å². The molecule has 1 saturated heterocycles. The normalized spacial score (nSPS) is 23.4. The lowest BCUT2D eigenvalue weighted by Crippen LogP contribution is -2.56. The van der Waals surface area contributed by atoms with Gasteiger partial charge in [0.1, 0.15) is 0 Å². The summed E-state index contributed by atoms with van der Waals surface area (Å²) in [6.45, 7) is 8.01. The van der Waals surface area contributed by atoms with Crippen molar-refractivity contribution in [2.45, 2.75) is 39.3 Å². The van der Waals surface area contributed by atoms with Crippen molar-refractivity contribution in [3.8, 4) is 0 Å². The minimum absolute atomic E-state index is 0.0150. The second kappa shape index (κ2) is 5.61. The van der Waals surface area contributed by atoms with Gasteiger partial charge in [0.2, 0.25) is 0 Å². The molecule has 1 aromatic carbocycles. The Morgan fingerprint density at radius 3 is 2.84 bits per heavy atom. The molecule has 4 nitrogen and oxygen atoms in total. The second-order valence-corrected chi connectivity index (χ2v) is 5.49.